The highest BCUT2D eigenvalue weighted by Crippen LogP contribution is 2.17. The molecule has 1 aliphatic rings. The van der Waals surface area contributed by atoms with E-state index in [2.05, 4.69) is 9.62 Å². The van der Waals surface area contributed by atoms with Crippen molar-refractivity contribution in [3.05, 3.63) is 30.1 Å². The van der Waals surface area contributed by atoms with Gasteiger partial charge in [-0.1, -0.05) is 0 Å². The Morgan fingerprint density at radius 2 is 1.82 bits per heavy atom. The van der Waals surface area contributed by atoms with Crippen molar-refractivity contribution in [3.8, 4) is 0 Å². The molecule has 0 radical (unpaired) electrons. The molecule has 7 heteroatoms. The Hall–Kier alpha value is -1.02. The van der Waals surface area contributed by atoms with E-state index in [1.165, 1.54) is 12.1 Å². The molecule has 1 aromatic rings. The summed E-state index contributed by atoms with van der Waals surface area (Å²) in [4.78, 5) is 2.20. The van der Waals surface area contributed by atoms with Gasteiger partial charge in [-0.15, -0.1) is 0 Å². The van der Waals surface area contributed by atoms with Crippen molar-refractivity contribution in [1.82, 2.24) is 9.62 Å². The monoisotopic (exact) mass is 330 g/mol. The van der Waals surface area contributed by atoms with E-state index >= 15 is 0 Å². The first-order valence-electron chi connectivity index (χ1n) is 7.38. The fourth-order valence-electron chi connectivity index (χ4n) is 2.66. The number of halogens is 1. The number of likely N-dealkylation sites (tertiary alicyclic amines) is 1. The van der Waals surface area contributed by atoms with Gasteiger partial charge in [-0.2, -0.15) is 0 Å². The number of nitrogens with zero attached hydrogens (tertiary/aromatic N) is 1. The minimum Gasteiger partial charge on any atom is -0.389 e. The van der Waals surface area contributed by atoms with Crippen molar-refractivity contribution in [2.75, 3.05) is 19.6 Å². The highest BCUT2D eigenvalue weighted by molar-refractivity contribution is 7.89. The molecule has 0 aliphatic carbocycles. The zero-order valence-corrected chi connectivity index (χ0v) is 13.7. The molecular formula is C15H23FN2O3S. The Kier molecular flexibility index (Phi) is 5.21. The summed E-state index contributed by atoms with van der Waals surface area (Å²) < 4.78 is 40.0. The molecule has 22 heavy (non-hydrogen) atoms. The van der Waals surface area contributed by atoms with Gasteiger partial charge in [0.1, 0.15) is 5.82 Å². The van der Waals surface area contributed by atoms with Gasteiger partial charge in [-0.25, -0.2) is 17.5 Å². The first-order valence-corrected chi connectivity index (χ1v) is 8.87. The van der Waals surface area contributed by atoms with Crippen LogP contribution in [-0.2, 0) is 10.0 Å². The smallest absolute Gasteiger partial charge is 0.240 e. The van der Waals surface area contributed by atoms with Gasteiger partial charge < -0.3 is 10.0 Å². The van der Waals surface area contributed by atoms with Crippen LogP contribution in [-0.4, -0.2) is 49.7 Å². The quantitative estimate of drug-likeness (QED) is 0.855. The van der Waals surface area contributed by atoms with Crippen molar-refractivity contribution in [2.45, 2.75) is 43.2 Å². The molecule has 0 bridgehead atoms. The molecule has 1 heterocycles. The average Bonchev–Trinajstić information content (AvgIpc) is 2.39. The normalized spacial score (nSPS) is 18.5. The van der Waals surface area contributed by atoms with E-state index in [0.29, 0.717) is 19.4 Å². The number of aliphatic hydroxyl groups is 1. The predicted molar refractivity (Wildman–Crippen MR) is 82.5 cm³/mol. The first-order chi connectivity index (χ1) is 10.2. The zero-order valence-electron chi connectivity index (χ0n) is 12.9. The second-order valence-corrected chi connectivity index (χ2v) is 8.15. The number of benzene rings is 1. The van der Waals surface area contributed by atoms with Gasteiger partial charge in [0.15, 0.2) is 0 Å². The van der Waals surface area contributed by atoms with Gasteiger partial charge in [-0.05, 0) is 64.0 Å². The van der Waals surface area contributed by atoms with E-state index in [4.69, 9.17) is 0 Å². The molecule has 1 aromatic carbocycles. The lowest BCUT2D eigenvalue weighted by Crippen LogP contribution is -2.48. The van der Waals surface area contributed by atoms with Gasteiger partial charge in [0.2, 0.25) is 10.0 Å². The Bertz CT molecular complexity index is 588. The molecule has 1 fully saturated rings. The summed E-state index contributed by atoms with van der Waals surface area (Å²) in [5.41, 5.74) is -0.750. The molecule has 0 atom stereocenters. The predicted octanol–water partition coefficient (Wildman–Crippen LogP) is 1.34. The molecule has 0 aromatic heterocycles. The molecule has 2 N–H and O–H groups in total. The van der Waals surface area contributed by atoms with Gasteiger partial charge in [0.25, 0.3) is 0 Å². The van der Waals surface area contributed by atoms with Crippen LogP contribution in [0.3, 0.4) is 0 Å². The number of hydrogen-bond donors (Lipinski definition) is 2. The Morgan fingerprint density at radius 1 is 1.27 bits per heavy atom. The van der Waals surface area contributed by atoms with Crippen LogP contribution in [0.5, 0.6) is 0 Å². The maximum Gasteiger partial charge on any atom is 0.240 e. The SMILES string of the molecule is CC(C)(O)CN1CCC(NS(=O)(=O)c2ccc(F)cc2)CC1. The molecule has 1 aliphatic heterocycles. The standard InChI is InChI=1S/C15H23FN2O3S/c1-15(2,19)11-18-9-7-13(8-10-18)17-22(20,21)14-5-3-12(16)4-6-14/h3-6,13,17,19H,7-11H2,1-2H3. The molecule has 0 unspecified atom stereocenters. The number of β-amino-alcohol motifs (C(OH)–C–C–N with tert-alkyl or cyclic N) is 1. The number of nitrogens with one attached hydrogen (secondary N) is 1. The third-order valence-electron chi connectivity index (χ3n) is 3.64. The maximum absolute atomic E-state index is 12.9. The number of piperidine rings is 1. The van der Waals surface area contributed by atoms with Crippen LogP contribution < -0.4 is 4.72 Å². The highest BCUT2D eigenvalue weighted by Gasteiger charge is 2.27. The summed E-state index contributed by atoms with van der Waals surface area (Å²) in [7, 11) is -3.61. The van der Waals surface area contributed by atoms with Gasteiger partial charge in [0, 0.05) is 12.6 Å². The summed E-state index contributed by atoms with van der Waals surface area (Å²) in [6, 6.07) is 4.68. The van der Waals surface area contributed by atoms with Crippen LogP contribution in [0.15, 0.2) is 29.2 Å². The second kappa shape index (κ2) is 6.62. The minimum atomic E-state index is -3.61. The van der Waals surface area contributed by atoms with Crippen LogP contribution in [0.25, 0.3) is 0 Å². The topological polar surface area (TPSA) is 69.6 Å². The van der Waals surface area contributed by atoms with Crippen molar-refractivity contribution >= 4 is 10.0 Å². The number of rotatable bonds is 5. The van der Waals surface area contributed by atoms with E-state index in [1.54, 1.807) is 13.8 Å². The lowest BCUT2D eigenvalue weighted by molar-refractivity contribution is 0.0278. The van der Waals surface area contributed by atoms with Crippen LogP contribution in [0.4, 0.5) is 4.39 Å². The lowest BCUT2D eigenvalue weighted by Gasteiger charge is -2.35. The van der Waals surface area contributed by atoms with Gasteiger partial charge in [-0.3, -0.25) is 0 Å². The summed E-state index contributed by atoms with van der Waals surface area (Å²) in [5, 5.41) is 9.81. The van der Waals surface area contributed by atoms with Crippen LogP contribution >= 0.6 is 0 Å². The molecular weight excluding hydrogens is 307 g/mol. The summed E-state index contributed by atoms with van der Waals surface area (Å²) >= 11 is 0. The van der Waals surface area contributed by atoms with Gasteiger partial charge in [0.05, 0.1) is 10.5 Å². The molecule has 2 rings (SSSR count). The molecule has 1 saturated heterocycles. The average molecular weight is 330 g/mol. The molecule has 0 spiro atoms. The Balaban J connectivity index is 1.91. The summed E-state index contributed by atoms with van der Waals surface area (Å²) in [6.07, 6.45) is 1.38. The minimum absolute atomic E-state index is 0.0767. The van der Waals surface area contributed by atoms with E-state index in [9.17, 15) is 17.9 Å². The van der Waals surface area contributed by atoms with E-state index in [0.717, 1.165) is 25.2 Å². The molecule has 0 amide bonds. The largest absolute Gasteiger partial charge is 0.389 e. The van der Waals surface area contributed by atoms with Crippen molar-refractivity contribution in [1.29, 1.82) is 0 Å². The summed E-state index contributed by atoms with van der Waals surface area (Å²) in [5.74, 6) is -0.459. The fraction of sp³-hybridized carbons (Fsp3) is 0.600. The lowest BCUT2D eigenvalue weighted by atomic mass is 10.0. The van der Waals surface area contributed by atoms with Crippen molar-refractivity contribution in [2.24, 2.45) is 0 Å². The second-order valence-electron chi connectivity index (χ2n) is 6.44. The third-order valence-corrected chi connectivity index (χ3v) is 5.18. The molecule has 124 valence electrons. The maximum atomic E-state index is 12.9. The van der Waals surface area contributed by atoms with Crippen molar-refractivity contribution < 1.29 is 17.9 Å². The third kappa shape index (κ3) is 5.01. The van der Waals surface area contributed by atoms with Crippen LogP contribution in [0.1, 0.15) is 26.7 Å². The first kappa shape index (κ1) is 17.3. The van der Waals surface area contributed by atoms with E-state index in [1.807, 2.05) is 0 Å². The van der Waals surface area contributed by atoms with Crippen LogP contribution in [0, 0.1) is 5.82 Å². The van der Waals surface area contributed by atoms with Crippen LogP contribution in [0.2, 0.25) is 0 Å². The zero-order chi connectivity index (χ0) is 16.4. The number of sulfonamides is 1. The van der Waals surface area contributed by atoms with E-state index < -0.39 is 21.4 Å². The van der Waals surface area contributed by atoms with Crippen molar-refractivity contribution in [3.63, 3.8) is 0 Å². The summed E-state index contributed by atoms with van der Waals surface area (Å²) in [6.45, 7) is 5.57. The molecule has 0 saturated carbocycles. The Morgan fingerprint density at radius 3 is 2.32 bits per heavy atom. The molecule has 5 nitrogen and oxygen atoms in total. The van der Waals surface area contributed by atoms with Gasteiger partial charge >= 0.3 is 0 Å². The highest BCUT2D eigenvalue weighted by atomic mass is 32.2. The fourth-order valence-corrected chi connectivity index (χ4v) is 3.96. The Labute approximate surface area is 131 Å². The number of hydrogen-bond acceptors (Lipinski definition) is 4. The van der Waals surface area contributed by atoms with E-state index in [-0.39, 0.29) is 10.9 Å².